The van der Waals surface area contributed by atoms with Crippen molar-refractivity contribution in [3.63, 3.8) is 0 Å². The topological polar surface area (TPSA) is 105 Å². The van der Waals surface area contributed by atoms with Crippen molar-refractivity contribution in [3.8, 4) is 0 Å². The van der Waals surface area contributed by atoms with Gasteiger partial charge in [0.25, 0.3) is 5.91 Å². The maximum Gasteiger partial charge on any atom is 0.321 e. The average Bonchev–Trinajstić information content (AvgIpc) is 3.06. The number of anilines is 1. The van der Waals surface area contributed by atoms with E-state index >= 15 is 0 Å². The Bertz CT molecular complexity index is 725. The number of urea groups is 1. The molecule has 0 bridgehead atoms. The van der Waals surface area contributed by atoms with E-state index in [-0.39, 0.29) is 18.9 Å². The molecule has 1 aliphatic heterocycles. The Morgan fingerprint density at radius 1 is 1.33 bits per heavy atom. The molecule has 0 aromatic heterocycles. The van der Waals surface area contributed by atoms with Crippen LogP contribution in [0.25, 0.3) is 0 Å². The molecule has 4 amide bonds. The van der Waals surface area contributed by atoms with Gasteiger partial charge < -0.3 is 15.0 Å². The molecular weight excluding hydrogens is 370 g/mol. The number of ether oxygens (including phenoxy) is 1. The monoisotopic (exact) mass is 393 g/mol. The Kier molecular flexibility index (Phi) is 7.66. The third-order valence-corrected chi connectivity index (χ3v) is 4.68. The summed E-state index contributed by atoms with van der Waals surface area (Å²) in [4.78, 5) is 50.0. The van der Waals surface area contributed by atoms with E-state index in [4.69, 9.17) is 4.74 Å². The fourth-order valence-corrected chi connectivity index (χ4v) is 3.05. The van der Waals surface area contributed by atoms with E-state index in [1.165, 1.54) is 0 Å². The van der Waals surface area contributed by atoms with Gasteiger partial charge in [0.05, 0.1) is 5.92 Å². The average molecular weight is 393 g/mol. The van der Waals surface area contributed by atoms with E-state index in [0.717, 1.165) is 17.0 Å². The van der Waals surface area contributed by atoms with Gasteiger partial charge in [-0.1, -0.05) is 13.0 Å². The molecule has 1 saturated heterocycles. The molecular formula is C18H23N3O5S. The molecule has 0 radical (unpaired) electrons. The third-order valence-electron chi connectivity index (χ3n) is 3.96. The molecule has 27 heavy (non-hydrogen) atoms. The molecule has 1 fully saturated rings. The van der Waals surface area contributed by atoms with Gasteiger partial charge in [0.15, 0.2) is 6.61 Å². The molecule has 1 aromatic carbocycles. The van der Waals surface area contributed by atoms with E-state index in [2.05, 4.69) is 10.6 Å². The number of amides is 4. The summed E-state index contributed by atoms with van der Waals surface area (Å²) < 4.78 is 4.96. The van der Waals surface area contributed by atoms with Crippen LogP contribution >= 0.6 is 11.8 Å². The summed E-state index contributed by atoms with van der Waals surface area (Å²) in [6, 6.07) is 6.87. The standard InChI is InChI=1S/C18H23N3O5S/c1-3-7-19-18(25)20-15(22)11-26-17(24)12-8-16(23)21(10-12)13-5-4-6-14(9-13)27-2/h4-6,9,12H,3,7-8,10-11H2,1-2H3,(H2,19,20,22,25)/t12-/m1/s1. The van der Waals surface area contributed by atoms with Crippen LogP contribution in [0.4, 0.5) is 10.5 Å². The fraction of sp³-hybridized carbons (Fsp3) is 0.444. The Morgan fingerprint density at radius 2 is 2.11 bits per heavy atom. The Balaban J connectivity index is 1.84. The van der Waals surface area contributed by atoms with Gasteiger partial charge in [-0.05, 0) is 30.9 Å². The lowest BCUT2D eigenvalue weighted by atomic mass is 10.1. The predicted molar refractivity (Wildman–Crippen MR) is 101 cm³/mol. The summed E-state index contributed by atoms with van der Waals surface area (Å²) in [5.74, 6) is -2.16. The van der Waals surface area contributed by atoms with Crippen molar-refractivity contribution in [1.82, 2.24) is 10.6 Å². The van der Waals surface area contributed by atoms with Crippen LogP contribution in [0.1, 0.15) is 19.8 Å². The SMILES string of the molecule is CCCNC(=O)NC(=O)COC(=O)[C@@H]1CC(=O)N(c2cccc(SC)c2)C1. The van der Waals surface area contributed by atoms with Crippen LogP contribution in [0, 0.1) is 5.92 Å². The zero-order valence-electron chi connectivity index (χ0n) is 15.3. The first kappa shape index (κ1) is 20.8. The number of nitrogens with zero attached hydrogens (tertiary/aromatic N) is 1. The van der Waals surface area contributed by atoms with Gasteiger partial charge >= 0.3 is 12.0 Å². The number of thioether (sulfide) groups is 1. The maximum atomic E-state index is 12.3. The molecule has 0 spiro atoms. The summed E-state index contributed by atoms with van der Waals surface area (Å²) >= 11 is 1.56. The normalized spacial score (nSPS) is 16.1. The van der Waals surface area contributed by atoms with Gasteiger partial charge in [-0.2, -0.15) is 0 Å². The third kappa shape index (κ3) is 5.99. The van der Waals surface area contributed by atoms with Crippen molar-refractivity contribution in [2.75, 3.05) is 30.9 Å². The second-order valence-electron chi connectivity index (χ2n) is 6.02. The highest BCUT2D eigenvalue weighted by molar-refractivity contribution is 7.98. The van der Waals surface area contributed by atoms with E-state index in [0.29, 0.717) is 6.54 Å². The van der Waals surface area contributed by atoms with Crippen LogP contribution in [0.2, 0.25) is 0 Å². The highest BCUT2D eigenvalue weighted by atomic mass is 32.2. The Morgan fingerprint density at radius 3 is 2.81 bits per heavy atom. The van der Waals surface area contributed by atoms with Crippen molar-refractivity contribution >= 4 is 41.3 Å². The van der Waals surface area contributed by atoms with Crippen molar-refractivity contribution in [1.29, 1.82) is 0 Å². The van der Waals surface area contributed by atoms with Gasteiger partial charge in [0.1, 0.15) is 0 Å². The zero-order chi connectivity index (χ0) is 19.8. The number of imide groups is 1. The van der Waals surface area contributed by atoms with Crippen molar-refractivity contribution in [3.05, 3.63) is 24.3 Å². The summed E-state index contributed by atoms with van der Waals surface area (Å²) in [5.41, 5.74) is 0.729. The highest BCUT2D eigenvalue weighted by Gasteiger charge is 2.36. The van der Waals surface area contributed by atoms with Crippen molar-refractivity contribution < 1.29 is 23.9 Å². The van der Waals surface area contributed by atoms with Crippen molar-refractivity contribution in [2.45, 2.75) is 24.7 Å². The Labute approximate surface area is 162 Å². The minimum atomic E-state index is -0.717. The second-order valence-corrected chi connectivity index (χ2v) is 6.90. The number of hydrogen-bond donors (Lipinski definition) is 2. The lowest BCUT2D eigenvalue weighted by Crippen LogP contribution is -2.42. The molecule has 2 rings (SSSR count). The number of hydrogen-bond acceptors (Lipinski definition) is 6. The summed E-state index contributed by atoms with van der Waals surface area (Å²) in [5, 5.41) is 4.55. The lowest BCUT2D eigenvalue weighted by molar-refractivity contribution is -0.152. The minimum Gasteiger partial charge on any atom is -0.455 e. The summed E-state index contributed by atoms with van der Waals surface area (Å²) in [6.07, 6.45) is 2.71. The summed E-state index contributed by atoms with van der Waals surface area (Å²) in [6.45, 7) is 1.96. The van der Waals surface area contributed by atoms with Crippen LogP contribution in [0.15, 0.2) is 29.2 Å². The van der Waals surface area contributed by atoms with E-state index in [1.807, 2.05) is 37.4 Å². The molecule has 0 saturated carbocycles. The number of carbonyl (C=O) groups excluding carboxylic acids is 4. The van der Waals surface area contributed by atoms with Gasteiger partial charge in [0.2, 0.25) is 5.91 Å². The molecule has 0 unspecified atom stereocenters. The van der Waals surface area contributed by atoms with Crippen LogP contribution in [0.5, 0.6) is 0 Å². The quantitative estimate of drug-likeness (QED) is 0.538. The smallest absolute Gasteiger partial charge is 0.321 e. The second kappa shape index (κ2) is 9.96. The number of carbonyl (C=O) groups is 4. The number of rotatable bonds is 7. The minimum absolute atomic E-state index is 0.0287. The zero-order valence-corrected chi connectivity index (χ0v) is 16.1. The van der Waals surface area contributed by atoms with Gasteiger partial charge in [-0.15, -0.1) is 11.8 Å². The van der Waals surface area contributed by atoms with E-state index in [9.17, 15) is 19.2 Å². The molecule has 1 aliphatic rings. The Hall–Kier alpha value is -2.55. The predicted octanol–water partition coefficient (Wildman–Crippen LogP) is 1.54. The van der Waals surface area contributed by atoms with Gasteiger partial charge in [-0.3, -0.25) is 19.7 Å². The number of esters is 1. The largest absolute Gasteiger partial charge is 0.455 e. The van der Waals surface area contributed by atoms with Crippen LogP contribution < -0.4 is 15.5 Å². The summed E-state index contributed by atoms with van der Waals surface area (Å²) in [7, 11) is 0. The fourth-order valence-electron chi connectivity index (χ4n) is 2.59. The number of benzene rings is 1. The van der Waals surface area contributed by atoms with E-state index in [1.54, 1.807) is 16.7 Å². The maximum absolute atomic E-state index is 12.3. The van der Waals surface area contributed by atoms with Crippen LogP contribution in [-0.4, -0.2) is 49.8 Å². The lowest BCUT2D eigenvalue weighted by Gasteiger charge is -2.17. The molecule has 146 valence electrons. The molecule has 1 heterocycles. The molecule has 1 aromatic rings. The van der Waals surface area contributed by atoms with Crippen LogP contribution in [0.3, 0.4) is 0 Å². The van der Waals surface area contributed by atoms with Gasteiger partial charge in [-0.25, -0.2) is 4.79 Å². The van der Waals surface area contributed by atoms with Gasteiger partial charge in [0, 0.05) is 30.1 Å². The molecule has 2 N–H and O–H groups in total. The first-order valence-corrected chi connectivity index (χ1v) is 9.85. The highest BCUT2D eigenvalue weighted by Crippen LogP contribution is 2.28. The molecule has 0 aliphatic carbocycles. The molecule has 8 nitrogen and oxygen atoms in total. The van der Waals surface area contributed by atoms with E-state index < -0.39 is 30.4 Å². The molecule has 1 atom stereocenters. The first-order valence-electron chi connectivity index (χ1n) is 8.63. The molecule has 9 heteroatoms. The number of nitrogens with one attached hydrogen (secondary N) is 2. The van der Waals surface area contributed by atoms with Crippen LogP contribution in [-0.2, 0) is 19.1 Å². The first-order chi connectivity index (χ1) is 12.9. The van der Waals surface area contributed by atoms with Crippen molar-refractivity contribution in [2.24, 2.45) is 5.92 Å².